The van der Waals surface area contributed by atoms with E-state index in [1.165, 1.54) is 12.3 Å². The van der Waals surface area contributed by atoms with Crippen molar-refractivity contribution in [2.24, 2.45) is 0 Å². The SMILES string of the molecule is [N-]=[N+]=C1CC(S(=O)(=O)Oc2ccnc3ccccc23)=c2ccccc2=C1O. The number of hydrogen-bond acceptors (Lipinski definition) is 5. The van der Waals surface area contributed by atoms with Crippen molar-refractivity contribution >= 4 is 37.4 Å². The first-order valence-electron chi connectivity index (χ1n) is 8.02. The van der Waals surface area contributed by atoms with Crippen LogP contribution in [0.4, 0.5) is 0 Å². The largest absolute Gasteiger partial charge is 0.501 e. The second-order valence-corrected chi connectivity index (χ2v) is 7.47. The highest BCUT2D eigenvalue weighted by Gasteiger charge is 2.32. The molecule has 8 heteroatoms. The number of para-hydroxylation sites is 1. The van der Waals surface area contributed by atoms with Gasteiger partial charge in [0.05, 0.1) is 11.9 Å². The van der Waals surface area contributed by atoms with Crippen molar-refractivity contribution in [2.75, 3.05) is 0 Å². The van der Waals surface area contributed by atoms with Gasteiger partial charge in [-0.3, -0.25) is 4.98 Å². The smallest absolute Gasteiger partial charge is 0.339 e. The lowest BCUT2D eigenvalue weighted by Gasteiger charge is -2.13. The molecule has 0 aliphatic heterocycles. The van der Waals surface area contributed by atoms with E-state index in [0.29, 0.717) is 16.1 Å². The molecule has 0 radical (unpaired) electrons. The summed E-state index contributed by atoms with van der Waals surface area (Å²) in [6, 6.07) is 14.9. The fraction of sp³-hybridized carbons (Fsp3) is 0.0526. The van der Waals surface area contributed by atoms with Crippen LogP contribution in [0, 0.1) is 0 Å². The lowest BCUT2D eigenvalue weighted by atomic mass is 10.0. The first-order valence-corrected chi connectivity index (χ1v) is 9.43. The molecular formula is C19H13N3O4S. The lowest BCUT2D eigenvalue weighted by Crippen LogP contribution is -2.38. The Labute approximate surface area is 154 Å². The first-order chi connectivity index (χ1) is 13.0. The molecule has 1 aromatic heterocycles. The van der Waals surface area contributed by atoms with E-state index in [0.717, 1.165) is 0 Å². The maximum Gasteiger partial charge on any atom is 0.339 e. The molecule has 0 spiro atoms. The third-order valence-corrected chi connectivity index (χ3v) is 5.68. The number of aliphatic hydroxyl groups is 1. The van der Waals surface area contributed by atoms with Crippen molar-refractivity contribution in [1.82, 2.24) is 4.98 Å². The Morgan fingerprint density at radius 3 is 2.52 bits per heavy atom. The van der Waals surface area contributed by atoms with E-state index in [9.17, 15) is 13.5 Å². The van der Waals surface area contributed by atoms with Crippen molar-refractivity contribution in [1.29, 1.82) is 0 Å². The summed E-state index contributed by atoms with van der Waals surface area (Å²) >= 11 is 0. The fourth-order valence-electron chi connectivity index (χ4n) is 3.04. The first kappa shape index (κ1) is 17.0. The zero-order valence-electron chi connectivity index (χ0n) is 13.9. The molecule has 1 N–H and O–H groups in total. The van der Waals surface area contributed by atoms with Gasteiger partial charge in [-0.1, -0.05) is 36.4 Å². The molecule has 3 aromatic rings. The van der Waals surface area contributed by atoms with Crippen LogP contribution in [0.1, 0.15) is 6.42 Å². The van der Waals surface area contributed by atoms with E-state index in [2.05, 4.69) is 9.77 Å². The molecular weight excluding hydrogens is 366 g/mol. The number of nitrogens with zero attached hydrogens (tertiary/aromatic N) is 3. The van der Waals surface area contributed by atoms with Gasteiger partial charge in [-0.15, -0.1) is 0 Å². The molecule has 0 saturated heterocycles. The van der Waals surface area contributed by atoms with Gasteiger partial charge >= 0.3 is 15.8 Å². The van der Waals surface area contributed by atoms with Crippen molar-refractivity contribution in [3.05, 3.63) is 76.8 Å². The summed E-state index contributed by atoms with van der Waals surface area (Å²) in [4.78, 5) is 7.12. The van der Waals surface area contributed by atoms with E-state index in [1.54, 1.807) is 48.5 Å². The molecule has 1 heterocycles. The molecule has 7 nitrogen and oxygen atoms in total. The highest BCUT2D eigenvalue weighted by Crippen LogP contribution is 2.27. The normalized spacial score (nSPS) is 14.0. The Bertz CT molecular complexity index is 1350. The van der Waals surface area contributed by atoms with Crippen LogP contribution >= 0.6 is 0 Å². The van der Waals surface area contributed by atoms with Gasteiger partial charge in [0.25, 0.3) is 0 Å². The summed E-state index contributed by atoms with van der Waals surface area (Å²) in [5.74, 6) is -0.117. The predicted molar refractivity (Wildman–Crippen MR) is 99.7 cm³/mol. The number of pyridine rings is 1. The molecule has 134 valence electrons. The number of hydrogen-bond donors (Lipinski definition) is 1. The molecule has 4 rings (SSSR count). The van der Waals surface area contributed by atoms with Crippen LogP contribution < -0.4 is 14.6 Å². The van der Waals surface area contributed by atoms with Crippen molar-refractivity contribution in [3.63, 3.8) is 0 Å². The number of aliphatic hydroxyl groups excluding tert-OH is 1. The third kappa shape index (κ3) is 2.87. The number of fused-ring (bicyclic) bond motifs is 2. The highest BCUT2D eigenvalue weighted by molar-refractivity contribution is 7.96. The van der Waals surface area contributed by atoms with Crippen LogP contribution in [0.25, 0.3) is 27.1 Å². The molecule has 0 bridgehead atoms. The molecule has 2 aromatic carbocycles. The Balaban J connectivity index is 1.93. The summed E-state index contributed by atoms with van der Waals surface area (Å²) in [5.41, 5.74) is 9.61. The third-order valence-electron chi connectivity index (χ3n) is 4.31. The fourth-order valence-corrected chi connectivity index (χ4v) is 4.28. The second kappa shape index (κ2) is 6.35. The van der Waals surface area contributed by atoms with Crippen LogP contribution in [-0.2, 0) is 10.1 Å². The minimum Gasteiger partial charge on any atom is -0.501 e. The van der Waals surface area contributed by atoms with Gasteiger partial charge in [0.15, 0.2) is 5.75 Å². The molecule has 0 atom stereocenters. The van der Waals surface area contributed by atoms with E-state index in [-0.39, 0.29) is 33.8 Å². The minimum atomic E-state index is -4.24. The van der Waals surface area contributed by atoms with Crippen LogP contribution in [0.5, 0.6) is 5.75 Å². The lowest BCUT2D eigenvalue weighted by molar-refractivity contribution is -0.00641. The standard InChI is InChI=1S/C19H13N3O4S/c20-22-16-11-18(12-5-1-2-6-13(12)19(16)23)27(24,25)26-17-9-10-21-15-8-4-3-7-14(15)17/h1-10,23H,11H2. The Hall–Kier alpha value is -3.48. The quantitative estimate of drug-likeness (QED) is 0.421. The maximum atomic E-state index is 13.0. The Kier molecular flexibility index (Phi) is 3.99. The minimum absolute atomic E-state index is 0.0930. The molecule has 1 aliphatic rings. The topological polar surface area (TPSA) is 113 Å². The predicted octanol–water partition coefficient (Wildman–Crippen LogP) is 1.49. The van der Waals surface area contributed by atoms with Crippen molar-refractivity contribution in [3.8, 4) is 5.75 Å². The molecule has 0 unspecified atom stereocenters. The summed E-state index contributed by atoms with van der Waals surface area (Å²) in [6.45, 7) is 0. The molecule has 0 fully saturated rings. The molecule has 0 amide bonds. The van der Waals surface area contributed by atoms with Gasteiger partial charge in [0.2, 0.25) is 5.76 Å². The van der Waals surface area contributed by atoms with Crippen molar-refractivity contribution < 1.29 is 22.5 Å². The number of aromatic nitrogens is 1. The number of benzene rings is 2. The van der Waals surface area contributed by atoms with Crippen LogP contribution in [-0.4, -0.2) is 29.0 Å². The van der Waals surface area contributed by atoms with Gasteiger partial charge in [-0.2, -0.15) is 13.2 Å². The highest BCUT2D eigenvalue weighted by atomic mass is 32.2. The zero-order valence-corrected chi connectivity index (χ0v) is 14.7. The van der Waals surface area contributed by atoms with E-state index in [1.807, 2.05) is 0 Å². The maximum absolute atomic E-state index is 13.0. The monoisotopic (exact) mass is 379 g/mol. The molecule has 0 saturated carbocycles. The Morgan fingerprint density at radius 2 is 1.74 bits per heavy atom. The van der Waals surface area contributed by atoms with Gasteiger partial charge in [-0.05, 0) is 12.1 Å². The number of rotatable bonds is 3. The molecule has 27 heavy (non-hydrogen) atoms. The van der Waals surface area contributed by atoms with Gasteiger partial charge in [0.1, 0.15) is 4.91 Å². The van der Waals surface area contributed by atoms with E-state index in [4.69, 9.17) is 9.71 Å². The zero-order chi connectivity index (χ0) is 19.0. The average molecular weight is 379 g/mol. The van der Waals surface area contributed by atoms with Gasteiger partial charge in [0, 0.05) is 28.1 Å². The van der Waals surface area contributed by atoms with E-state index < -0.39 is 10.1 Å². The summed E-state index contributed by atoms with van der Waals surface area (Å²) in [6.07, 6.45) is 1.18. The summed E-state index contributed by atoms with van der Waals surface area (Å²) in [5, 5.41) is 11.3. The average Bonchev–Trinajstić information content (AvgIpc) is 2.68. The molecule has 1 aliphatic carbocycles. The van der Waals surface area contributed by atoms with E-state index >= 15 is 0 Å². The summed E-state index contributed by atoms with van der Waals surface area (Å²) < 4.78 is 31.5. The van der Waals surface area contributed by atoms with Crippen LogP contribution in [0.2, 0.25) is 0 Å². The second-order valence-electron chi connectivity index (χ2n) is 5.90. The van der Waals surface area contributed by atoms with Gasteiger partial charge in [-0.25, -0.2) is 0 Å². The van der Waals surface area contributed by atoms with Crippen LogP contribution in [0.15, 0.2) is 60.8 Å². The summed E-state index contributed by atoms with van der Waals surface area (Å²) in [7, 11) is -4.24. The van der Waals surface area contributed by atoms with Gasteiger partial charge < -0.3 is 14.8 Å². The van der Waals surface area contributed by atoms with Crippen LogP contribution in [0.3, 0.4) is 0 Å². The Morgan fingerprint density at radius 1 is 1.04 bits per heavy atom. The van der Waals surface area contributed by atoms with Crippen molar-refractivity contribution in [2.45, 2.75) is 6.42 Å².